The molecule has 26 heavy (non-hydrogen) atoms. The molecular formula is C19H25ClIN5. The summed E-state index contributed by atoms with van der Waals surface area (Å²) in [5.74, 6) is 0.842. The van der Waals surface area contributed by atoms with Crippen LogP contribution in [0.25, 0.3) is 0 Å². The van der Waals surface area contributed by atoms with E-state index in [-0.39, 0.29) is 24.0 Å². The number of halogens is 2. The lowest BCUT2D eigenvalue weighted by atomic mass is 10.2. The monoisotopic (exact) mass is 485 g/mol. The number of aromatic nitrogens is 1. The van der Waals surface area contributed by atoms with Gasteiger partial charge in [0.1, 0.15) is 0 Å². The summed E-state index contributed by atoms with van der Waals surface area (Å²) >= 11 is 6.10. The predicted octanol–water partition coefficient (Wildman–Crippen LogP) is 3.34. The van der Waals surface area contributed by atoms with Crippen LogP contribution in [0.5, 0.6) is 0 Å². The van der Waals surface area contributed by atoms with Gasteiger partial charge in [0.25, 0.3) is 0 Å². The van der Waals surface area contributed by atoms with Crippen molar-refractivity contribution in [2.45, 2.75) is 18.9 Å². The molecule has 0 saturated carbocycles. The minimum Gasteiger partial charge on any atom is -0.369 e. The second-order valence-corrected chi connectivity index (χ2v) is 6.56. The van der Waals surface area contributed by atoms with Crippen LogP contribution in [-0.4, -0.2) is 43.7 Å². The third-order valence-electron chi connectivity index (χ3n) is 4.33. The fourth-order valence-electron chi connectivity index (χ4n) is 3.03. The van der Waals surface area contributed by atoms with Crippen molar-refractivity contribution in [2.75, 3.05) is 31.6 Å². The van der Waals surface area contributed by atoms with Gasteiger partial charge in [0.15, 0.2) is 5.96 Å². The summed E-state index contributed by atoms with van der Waals surface area (Å²) in [4.78, 5) is 11.0. The molecule has 1 aliphatic rings. The molecule has 0 bridgehead atoms. The number of rotatable bonds is 5. The van der Waals surface area contributed by atoms with Gasteiger partial charge in [-0.05, 0) is 36.8 Å². The van der Waals surface area contributed by atoms with Crippen molar-refractivity contribution in [2.24, 2.45) is 4.99 Å². The third kappa shape index (κ3) is 6.02. The summed E-state index contributed by atoms with van der Waals surface area (Å²) in [6.45, 7) is 2.77. The summed E-state index contributed by atoms with van der Waals surface area (Å²) in [5, 5.41) is 7.66. The number of nitrogens with zero attached hydrogens (tertiary/aromatic N) is 3. The Morgan fingerprint density at radius 3 is 2.92 bits per heavy atom. The minimum atomic E-state index is 0. The number of aliphatic imine (C=N–C) groups is 1. The Labute approximate surface area is 177 Å². The van der Waals surface area contributed by atoms with E-state index in [2.05, 4.69) is 31.6 Å². The maximum absolute atomic E-state index is 6.10. The molecule has 0 spiro atoms. The first-order valence-electron chi connectivity index (χ1n) is 8.62. The largest absolute Gasteiger partial charge is 0.369 e. The molecule has 5 nitrogen and oxygen atoms in total. The molecule has 2 aromatic rings. The van der Waals surface area contributed by atoms with E-state index in [1.165, 1.54) is 5.69 Å². The van der Waals surface area contributed by atoms with E-state index < -0.39 is 0 Å². The molecule has 1 aromatic carbocycles. The van der Waals surface area contributed by atoms with Crippen LogP contribution in [0.1, 0.15) is 12.1 Å². The molecule has 1 saturated heterocycles. The number of hydrogen-bond donors (Lipinski definition) is 2. The SMILES string of the molecule is CN=C(NCCc1ccccn1)NC1CCN(c2cccc(Cl)c2)C1.I. The van der Waals surface area contributed by atoms with Crippen molar-refractivity contribution in [3.63, 3.8) is 0 Å². The fourth-order valence-corrected chi connectivity index (χ4v) is 3.21. The van der Waals surface area contributed by atoms with Crippen molar-refractivity contribution in [1.82, 2.24) is 15.6 Å². The molecule has 1 aliphatic heterocycles. The average molecular weight is 486 g/mol. The molecular weight excluding hydrogens is 461 g/mol. The molecule has 1 atom stereocenters. The van der Waals surface area contributed by atoms with Gasteiger partial charge in [-0.3, -0.25) is 9.98 Å². The highest BCUT2D eigenvalue weighted by Crippen LogP contribution is 2.23. The number of hydrogen-bond acceptors (Lipinski definition) is 3. The molecule has 1 aromatic heterocycles. The zero-order valence-corrected chi connectivity index (χ0v) is 17.9. The number of benzene rings is 1. The Hall–Kier alpha value is -1.54. The quantitative estimate of drug-likeness (QED) is 0.387. The lowest BCUT2D eigenvalue weighted by molar-refractivity contribution is 0.647. The van der Waals surface area contributed by atoms with Crippen LogP contribution in [0.3, 0.4) is 0 Å². The smallest absolute Gasteiger partial charge is 0.191 e. The molecule has 3 rings (SSSR count). The fraction of sp³-hybridized carbons (Fsp3) is 0.368. The van der Waals surface area contributed by atoms with E-state index in [4.69, 9.17) is 11.6 Å². The van der Waals surface area contributed by atoms with Gasteiger partial charge in [0.05, 0.1) is 0 Å². The molecule has 2 heterocycles. The molecule has 140 valence electrons. The Bertz CT molecular complexity index is 710. The highest BCUT2D eigenvalue weighted by Gasteiger charge is 2.23. The Balaban J connectivity index is 0.00000243. The van der Waals surface area contributed by atoms with Crippen molar-refractivity contribution in [1.29, 1.82) is 0 Å². The van der Waals surface area contributed by atoms with Crippen molar-refractivity contribution < 1.29 is 0 Å². The second kappa shape index (κ2) is 10.6. The number of nitrogens with one attached hydrogen (secondary N) is 2. The van der Waals surface area contributed by atoms with E-state index in [1.54, 1.807) is 7.05 Å². The normalized spacial score (nSPS) is 16.9. The lowest BCUT2D eigenvalue weighted by Crippen LogP contribution is -2.45. The van der Waals surface area contributed by atoms with Crippen molar-refractivity contribution in [3.8, 4) is 0 Å². The van der Waals surface area contributed by atoms with Crippen LogP contribution < -0.4 is 15.5 Å². The first-order valence-corrected chi connectivity index (χ1v) is 9.00. The maximum Gasteiger partial charge on any atom is 0.191 e. The highest BCUT2D eigenvalue weighted by molar-refractivity contribution is 14.0. The first-order chi connectivity index (χ1) is 12.2. The standard InChI is InChI=1S/C19H24ClN5.HI/c1-21-19(23-11-8-16-6-2-3-10-22-16)24-17-9-12-25(14-17)18-7-4-5-15(20)13-18;/h2-7,10,13,17H,8-9,11-12,14H2,1H3,(H2,21,23,24);1H. The zero-order chi connectivity index (χ0) is 17.5. The number of pyridine rings is 1. The van der Waals surface area contributed by atoms with Gasteiger partial charge in [-0.1, -0.05) is 23.7 Å². The summed E-state index contributed by atoms with van der Waals surface area (Å²) in [5.41, 5.74) is 2.26. The Kier molecular flexibility index (Phi) is 8.44. The molecule has 0 aliphatic carbocycles. The van der Waals surface area contributed by atoms with Crippen LogP contribution in [0.4, 0.5) is 5.69 Å². The van der Waals surface area contributed by atoms with Gasteiger partial charge in [0, 0.05) is 61.7 Å². The van der Waals surface area contributed by atoms with Crippen LogP contribution >= 0.6 is 35.6 Å². The topological polar surface area (TPSA) is 52.6 Å². The van der Waals surface area contributed by atoms with Gasteiger partial charge in [-0.15, -0.1) is 24.0 Å². The van der Waals surface area contributed by atoms with Gasteiger partial charge in [-0.2, -0.15) is 0 Å². The molecule has 0 radical (unpaired) electrons. The average Bonchev–Trinajstić information content (AvgIpc) is 3.10. The summed E-state index contributed by atoms with van der Waals surface area (Å²) in [6.07, 6.45) is 3.78. The highest BCUT2D eigenvalue weighted by atomic mass is 127. The number of anilines is 1. The van der Waals surface area contributed by atoms with Gasteiger partial charge in [-0.25, -0.2) is 0 Å². The van der Waals surface area contributed by atoms with Gasteiger partial charge < -0.3 is 15.5 Å². The van der Waals surface area contributed by atoms with E-state index in [0.717, 1.165) is 49.2 Å². The molecule has 1 fully saturated rings. The zero-order valence-electron chi connectivity index (χ0n) is 14.9. The molecule has 1 unspecified atom stereocenters. The number of guanidine groups is 1. The van der Waals surface area contributed by atoms with E-state index in [0.29, 0.717) is 6.04 Å². The van der Waals surface area contributed by atoms with E-state index >= 15 is 0 Å². The van der Waals surface area contributed by atoms with E-state index in [9.17, 15) is 0 Å². The minimum absolute atomic E-state index is 0. The summed E-state index contributed by atoms with van der Waals surface area (Å²) in [6, 6.07) is 14.4. The third-order valence-corrected chi connectivity index (χ3v) is 4.56. The van der Waals surface area contributed by atoms with Crippen LogP contribution in [0, 0.1) is 0 Å². The second-order valence-electron chi connectivity index (χ2n) is 6.13. The Morgan fingerprint density at radius 1 is 1.31 bits per heavy atom. The predicted molar refractivity (Wildman–Crippen MR) is 120 cm³/mol. The molecule has 2 N–H and O–H groups in total. The molecule has 0 amide bonds. The summed E-state index contributed by atoms with van der Waals surface area (Å²) < 4.78 is 0. The van der Waals surface area contributed by atoms with Gasteiger partial charge in [0.2, 0.25) is 0 Å². The van der Waals surface area contributed by atoms with Crippen molar-refractivity contribution in [3.05, 3.63) is 59.4 Å². The Morgan fingerprint density at radius 2 is 2.19 bits per heavy atom. The van der Waals surface area contributed by atoms with Crippen molar-refractivity contribution >= 4 is 47.2 Å². The van der Waals surface area contributed by atoms with Crippen LogP contribution in [-0.2, 0) is 6.42 Å². The van der Waals surface area contributed by atoms with Crippen LogP contribution in [0.15, 0.2) is 53.7 Å². The first kappa shape index (κ1) is 20.8. The van der Waals surface area contributed by atoms with E-state index in [1.807, 2.05) is 42.6 Å². The van der Waals surface area contributed by atoms with Crippen LogP contribution in [0.2, 0.25) is 5.02 Å². The summed E-state index contributed by atoms with van der Waals surface area (Å²) in [7, 11) is 1.81. The maximum atomic E-state index is 6.10. The lowest BCUT2D eigenvalue weighted by Gasteiger charge is -2.20. The van der Waals surface area contributed by atoms with Gasteiger partial charge >= 0.3 is 0 Å². The molecule has 7 heteroatoms.